The molecule has 1 saturated heterocycles. The number of hydrogen-bond donors (Lipinski definition) is 0. The molecule has 0 spiro atoms. The van der Waals surface area contributed by atoms with Gasteiger partial charge in [0.05, 0.1) is 0 Å². The fraction of sp³-hybridized carbons (Fsp3) is 0.462. The van der Waals surface area contributed by atoms with Crippen molar-refractivity contribution in [2.24, 2.45) is 5.92 Å². The summed E-state index contributed by atoms with van der Waals surface area (Å²) in [7, 11) is 0. The summed E-state index contributed by atoms with van der Waals surface area (Å²) in [6.07, 6.45) is 0.871. The minimum Gasteiger partial charge on any atom is -0.338 e. The summed E-state index contributed by atoms with van der Waals surface area (Å²) in [6, 6.07) is 6.01. The van der Waals surface area contributed by atoms with Crippen molar-refractivity contribution in [1.82, 2.24) is 4.90 Å². The van der Waals surface area contributed by atoms with E-state index in [4.69, 9.17) is 0 Å². The van der Waals surface area contributed by atoms with Crippen LogP contribution in [0.4, 0.5) is 4.39 Å². The van der Waals surface area contributed by atoms with Crippen molar-refractivity contribution in [2.75, 3.05) is 13.1 Å². The van der Waals surface area contributed by atoms with E-state index in [9.17, 15) is 19.3 Å². The minimum absolute atomic E-state index is 0.0672. The van der Waals surface area contributed by atoms with Crippen LogP contribution >= 0.6 is 0 Å². The molecule has 0 saturated carbocycles. The second-order valence-electron chi connectivity index (χ2n) is 4.82. The molecular formula is C13H15FN2O3. The van der Waals surface area contributed by atoms with E-state index in [1.54, 1.807) is 17.0 Å². The van der Waals surface area contributed by atoms with Crippen molar-refractivity contribution in [1.29, 1.82) is 0 Å². The van der Waals surface area contributed by atoms with E-state index in [0.717, 1.165) is 5.56 Å². The van der Waals surface area contributed by atoms with Crippen LogP contribution in [0.5, 0.6) is 0 Å². The molecule has 5 nitrogen and oxygen atoms in total. The Kier molecular flexibility index (Phi) is 4.09. The summed E-state index contributed by atoms with van der Waals surface area (Å²) in [6.45, 7) is 0.815. The molecule has 0 N–H and O–H groups in total. The zero-order chi connectivity index (χ0) is 13.8. The molecule has 19 heavy (non-hydrogen) atoms. The van der Waals surface area contributed by atoms with Gasteiger partial charge in [-0.3, -0.25) is 14.9 Å². The van der Waals surface area contributed by atoms with Crippen LogP contribution in [0.2, 0.25) is 0 Å². The van der Waals surface area contributed by atoms with Gasteiger partial charge < -0.3 is 4.90 Å². The average Bonchev–Trinajstić information content (AvgIpc) is 2.34. The Morgan fingerprint density at radius 2 is 2.05 bits per heavy atom. The first-order valence-electron chi connectivity index (χ1n) is 6.18. The number of likely N-dealkylation sites (tertiary alicyclic amines) is 1. The first-order valence-corrected chi connectivity index (χ1v) is 6.18. The number of piperidine rings is 1. The van der Waals surface area contributed by atoms with E-state index in [1.165, 1.54) is 12.1 Å². The van der Waals surface area contributed by atoms with Gasteiger partial charge in [0, 0.05) is 30.4 Å². The van der Waals surface area contributed by atoms with Gasteiger partial charge in [0.2, 0.25) is 12.5 Å². The summed E-state index contributed by atoms with van der Waals surface area (Å²) in [5.74, 6) is -0.533. The number of nitro groups is 1. The zero-order valence-electron chi connectivity index (χ0n) is 10.4. The molecule has 0 bridgehead atoms. The Morgan fingerprint density at radius 1 is 1.37 bits per heavy atom. The van der Waals surface area contributed by atoms with Crippen LogP contribution in [-0.4, -0.2) is 28.8 Å². The standard InChI is InChI=1S/C13H15FN2O3/c14-12-3-1-10(2-4-12)8-15-6-5-11(7-13(15)17)9-16(18)19/h1-4,11H,5-9H2. The van der Waals surface area contributed by atoms with Crippen molar-refractivity contribution in [2.45, 2.75) is 19.4 Å². The Morgan fingerprint density at radius 3 is 2.63 bits per heavy atom. The lowest BCUT2D eigenvalue weighted by Crippen LogP contribution is -2.39. The largest absolute Gasteiger partial charge is 0.338 e. The summed E-state index contributed by atoms with van der Waals surface area (Å²) in [5, 5.41) is 10.4. The molecule has 0 aliphatic carbocycles. The van der Waals surface area contributed by atoms with Crippen LogP contribution in [0.3, 0.4) is 0 Å². The number of halogens is 1. The van der Waals surface area contributed by atoms with Crippen LogP contribution in [0, 0.1) is 21.8 Å². The van der Waals surface area contributed by atoms with Gasteiger partial charge in [-0.2, -0.15) is 0 Å². The molecular weight excluding hydrogens is 251 g/mol. The van der Waals surface area contributed by atoms with Crippen molar-refractivity contribution >= 4 is 5.91 Å². The molecule has 0 aromatic heterocycles. The first-order chi connectivity index (χ1) is 9.04. The van der Waals surface area contributed by atoms with E-state index in [-0.39, 0.29) is 35.5 Å². The van der Waals surface area contributed by atoms with Gasteiger partial charge >= 0.3 is 0 Å². The highest BCUT2D eigenvalue weighted by molar-refractivity contribution is 5.77. The van der Waals surface area contributed by atoms with Gasteiger partial charge in [-0.15, -0.1) is 0 Å². The quantitative estimate of drug-likeness (QED) is 0.617. The van der Waals surface area contributed by atoms with Crippen LogP contribution in [0.15, 0.2) is 24.3 Å². The number of amides is 1. The van der Waals surface area contributed by atoms with Gasteiger partial charge in [0.1, 0.15) is 5.82 Å². The van der Waals surface area contributed by atoms with E-state index in [1.807, 2.05) is 0 Å². The minimum atomic E-state index is -0.367. The topological polar surface area (TPSA) is 63.4 Å². The van der Waals surface area contributed by atoms with E-state index in [2.05, 4.69) is 0 Å². The molecule has 2 rings (SSSR count). The van der Waals surface area contributed by atoms with Gasteiger partial charge in [0.25, 0.3) is 0 Å². The van der Waals surface area contributed by atoms with E-state index >= 15 is 0 Å². The molecule has 1 aromatic rings. The average molecular weight is 266 g/mol. The molecule has 1 unspecified atom stereocenters. The highest BCUT2D eigenvalue weighted by Gasteiger charge is 2.28. The molecule has 6 heteroatoms. The third-order valence-corrected chi connectivity index (χ3v) is 3.32. The maximum Gasteiger partial charge on any atom is 0.223 e. The third kappa shape index (κ3) is 3.74. The zero-order valence-corrected chi connectivity index (χ0v) is 10.4. The predicted octanol–water partition coefficient (Wildman–Crippen LogP) is 1.84. The maximum absolute atomic E-state index is 12.8. The molecule has 1 amide bonds. The lowest BCUT2D eigenvalue weighted by Gasteiger charge is -2.30. The number of carbonyl (C=O) groups excluding carboxylic acids is 1. The monoisotopic (exact) mass is 266 g/mol. The number of benzene rings is 1. The molecule has 1 aliphatic heterocycles. The first kappa shape index (κ1) is 13.5. The van der Waals surface area contributed by atoms with Crippen LogP contribution in [0.1, 0.15) is 18.4 Å². The number of rotatable bonds is 4. The Balaban J connectivity index is 1.91. The number of hydrogen-bond acceptors (Lipinski definition) is 3. The van der Waals surface area contributed by atoms with E-state index in [0.29, 0.717) is 19.5 Å². The Bertz CT molecular complexity index is 475. The Labute approximate surface area is 110 Å². The molecule has 1 fully saturated rings. The molecule has 1 heterocycles. The van der Waals surface area contributed by atoms with Crippen LogP contribution in [0.25, 0.3) is 0 Å². The van der Waals surface area contributed by atoms with Crippen molar-refractivity contribution in [3.8, 4) is 0 Å². The number of carbonyl (C=O) groups is 1. The number of nitrogens with zero attached hydrogens (tertiary/aromatic N) is 2. The molecule has 1 aromatic carbocycles. The van der Waals surface area contributed by atoms with Crippen molar-refractivity contribution in [3.05, 3.63) is 45.8 Å². The molecule has 102 valence electrons. The predicted molar refractivity (Wildman–Crippen MR) is 66.4 cm³/mol. The summed E-state index contributed by atoms with van der Waals surface area (Å²) in [5.41, 5.74) is 0.863. The van der Waals surface area contributed by atoms with Gasteiger partial charge in [-0.05, 0) is 24.1 Å². The smallest absolute Gasteiger partial charge is 0.223 e. The van der Waals surface area contributed by atoms with Crippen LogP contribution < -0.4 is 0 Å². The highest BCUT2D eigenvalue weighted by atomic mass is 19.1. The molecule has 0 radical (unpaired) electrons. The van der Waals surface area contributed by atoms with Crippen molar-refractivity contribution < 1.29 is 14.1 Å². The second-order valence-corrected chi connectivity index (χ2v) is 4.82. The molecule has 1 aliphatic rings. The lowest BCUT2D eigenvalue weighted by molar-refractivity contribution is -0.488. The molecule has 1 atom stereocenters. The normalized spacial score (nSPS) is 19.5. The van der Waals surface area contributed by atoms with Gasteiger partial charge in [-0.1, -0.05) is 12.1 Å². The van der Waals surface area contributed by atoms with Crippen LogP contribution in [-0.2, 0) is 11.3 Å². The maximum atomic E-state index is 12.8. The second kappa shape index (κ2) is 5.77. The van der Waals surface area contributed by atoms with Crippen molar-refractivity contribution in [3.63, 3.8) is 0 Å². The van der Waals surface area contributed by atoms with Gasteiger partial charge in [-0.25, -0.2) is 4.39 Å². The summed E-state index contributed by atoms with van der Waals surface area (Å²) >= 11 is 0. The fourth-order valence-electron chi connectivity index (χ4n) is 2.29. The Hall–Kier alpha value is -1.98. The SMILES string of the molecule is O=C1CC(C[N+](=O)[O-])CCN1Cc1ccc(F)cc1. The third-order valence-electron chi connectivity index (χ3n) is 3.32. The van der Waals surface area contributed by atoms with E-state index < -0.39 is 0 Å². The lowest BCUT2D eigenvalue weighted by atomic mass is 9.96. The summed E-state index contributed by atoms with van der Waals surface area (Å²) in [4.78, 5) is 23.6. The highest BCUT2D eigenvalue weighted by Crippen LogP contribution is 2.20. The van der Waals surface area contributed by atoms with Gasteiger partial charge in [0.15, 0.2) is 0 Å². The fourth-order valence-corrected chi connectivity index (χ4v) is 2.29. The summed E-state index contributed by atoms with van der Waals surface area (Å²) < 4.78 is 12.8.